The molecular weight excluding hydrogens is 334 g/mol. The van der Waals surface area contributed by atoms with Crippen LogP contribution in [0, 0.1) is 13.8 Å². The van der Waals surface area contributed by atoms with Crippen molar-refractivity contribution in [3.05, 3.63) is 35.0 Å². The van der Waals surface area contributed by atoms with Crippen LogP contribution >= 0.6 is 0 Å². The molecule has 2 fully saturated rings. The van der Waals surface area contributed by atoms with Gasteiger partial charge >= 0.3 is 0 Å². The third kappa shape index (κ3) is 3.64. The number of carbonyl (C=O) groups excluding carboxylic acids is 1. The molecule has 27 heavy (non-hydrogen) atoms. The maximum Gasteiger partial charge on any atom is 0.227 e. The molecule has 1 amide bonds. The molecule has 4 nitrogen and oxygen atoms in total. The third-order valence-corrected chi connectivity index (χ3v) is 6.92. The molecule has 1 aromatic heterocycles. The van der Waals surface area contributed by atoms with Gasteiger partial charge in [-0.1, -0.05) is 18.9 Å². The van der Waals surface area contributed by atoms with Crippen LogP contribution in [0.4, 0.5) is 0 Å². The molecule has 1 aliphatic heterocycles. The summed E-state index contributed by atoms with van der Waals surface area (Å²) < 4.78 is 0. The fourth-order valence-corrected chi connectivity index (χ4v) is 5.15. The van der Waals surface area contributed by atoms with Crippen LogP contribution in [-0.4, -0.2) is 52.9 Å². The quantitative estimate of drug-likeness (QED) is 0.880. The van der Waals surface area contributed by atoms with E-state index in [0.717, 1.165) is 17.5 Å². The maximum atomic E-state index is 13.1. The second kappa shape index (κ2) is 7.67. The van der Waals surface area contributed by atoms with Gasteiger partial charge in [0.1, 0.15) is 0 Å². The second-order valence-corrected chi connectivity index (χ2v) is 8.60. The number of H-pyrrole nitrogens is 1. The number of aromatic nitrogens is 1. The highest BCUT2D eigenvalue weighted by Crippen LogP contribution is 2.29. The van der Waals surface area contributed by atoms with Crippen molar-refractivity contribution >= 4 is 16.8 Å². The van der Waals surface area contributed by atoms with Gasteiger partial charge in [-0.25, -0.2) is 0 Å². The number of likely N-dealkylation sites (tertiary alicyclic amines) is 1. The number of nitrogens with one attached hydrogen (secondary N) is 1. The summed E-state index contributed by atoms with van der Waals surface area (Å²) in [7, 11) is 2.03. The molecule has 0 spiro atoms. The van der Waals surface area contributed by atoms with Crippen LogP contribution in [0.15, 0.2) is 18.2 Å². The topological polar surface area (TPSA) is 39.3 Å². The number of aryl methyl sites for hydroxylation is 2. The van der Waals surface area contributed by atoms with Gasteiger partial charge in [0.15, 0.2) is 0 Å². The summed E-state index contributed by atoms with van der Waals surface area (Å²) in [5.74, 6) is 0.260. The molecule has 0 bridgehead atoms. The standard InChI is InChI=1S/C23H33N3O/c1-16-17(2)24-20-11-10-18(14-19(16)20)15-23(27)25(3)21-8-4-5-9-22(21)26-12-6-7-13-26/h10-11,14,21-22,24H,4-9,12-13,15H2,1-3H3. The van der Waals surface area contributed by atoms with Crippen molar-refractivity contribution in [3.63, 3.8) is 0 Å². The van der Waals surface area contributed by atoms with Gasteiger partial charge in [-0.05, 0) is 75.9 Å². The number of benzene rings is 1. The second-order valence-electron chi connectivity index (χ2n) is 8.60. The predicted octanol–water partition coefficient (Wildman–Crippen LogP) is 4.19. The van der Waals surface area contributed by atoms with Crippen LogP contribution in [0.3, 0.4) is 0 Å². The number of amides is 1. The fraction of sp³-hybridized carbons (Fsp3) is 0.609. The summed E-state index contributed by atoms with van der Waals surface area (Å²) in [6, 6.07) is 7.35. The van der Waals surface area contributed by atoms with E-state index in [1.165, 1.54) is 61.8 Å². The van der Waals surface area contributed by atoms with Gasteiger partial charge < -0.3 is 9.88 Å². The molecule has 1 saturated carbocycles. The molecule has 2 atom stereocenters. The van der Waals surface area contributed by atoms with Crippen molar-refractivity contribution < 1.29 is 4.79 Å². The Hall–Kier alpha value is -1.81. The molecule has 1 aliphatic carbocycles. The molecule has 1 N–H and O–H groups in total. The number of nitrogens with zero attached hydrogens (tertiary/aromatic N) is 2. The number of fused-ring (bicyclic) bond motifs is 1. The molecule has 1 saturated heterocycles. The molecule has 4 heteroatoms. The average molecular weight is 368 g/mol. The van der Waals surface area contributed by atoms with Crippen LogP contribution in [0.25, 0.3) is 10.9 Å². The highest BCUT2D eigenvalue weighted by molar-refractivity contribution is 5.87. The van der Waals surface area contributed by atoms with Gasteiger partial charge in [-0.2, -0.15) is 0 Å². The van der Waals surface area contributed by atoms with E-state index in [4.69, 9.17) is 0 Å². The minimum atomic E-state index is 0.260. The Morgan fingerprint density at radius 3 is 2.67 bits per heavy atom. The van der Waals surface area contributed by atoms with E-state index < -0.39 is 0 Å². The third-order valence-electron chi connectivity index (χ3n) is 6.92. The lowest BCUT2D eigenvalue weighted by molar-refractivity contribution is -0.133. The molecule has 1 aromatic carbocycles. The van der Waals surface area contributed by atoms with E-state index in [1.807, 2.05) is 7.05 Å². The van der Waals surface area contributed by atoms with E-state index in [0.29, 0.717) is 18.5 Å². The molecule has 146 valence electrons. The van der Waals surface area contributed by atoms with E-state index in [-0.39, 0.29) is 5.91 Å². The van der Waals surface area contributed by atoms with E-state index in [2.05, 4.69) is 46.8 Å². The molecule has 0 radical (unpaired) electrons. The number of carbonyl (C=O) groups is 1. The van der Waals surface area contributed by atoms with Crippen molar-refractivity contribution in [1.82, 2.24) is 14.8 Å². The lowest BCUT2D eigenvalue weighted by atomic mass is 9.88. The van der Waals surface area contributed by atoms with Gasteiger partial charge in [0.25, 0.3) is 0 Å². The van der Waals surface area contributed by atoms with Crippen LogP contribution in [-0.2, 0) is 11.2 Å². The van der Waals surface area contributed by atoms with Gasteiger partial charge in [0, 0.05) is 35.7 Å². The number of likely N-dealkylation sites (N-methyl/N-ethyl adjacent to an activating group) is 1. The Balaban J connectivity index is 1.48. The lowest BCUT2D eigenvalue weighted by Gasteiger charge is -2.42. The first kappa shape index (κ1) is 18.5. The Labute approximate surface area is 162 Å². The zero-order chi connectivity index (χ0) is 19.0. The predicted molar refractivity (Wildman–Crippen MR) is 111 cm³/mol. The summed E-state index contributed by atoms with van der Waals surface area (Å²) in [4.78, 5) is 21.2. The van der Waals surface area contributed by atoms with E-state index in [1.54, 1.807) is 0 Å². The minimum absolute atomic E-state index is 0.260. The zero-order valence-electron chi connectivity index (χ0n) is 17.1. The number of aromatic amines is 1. The van der Waals surface area contributed by atoms with Crippen LogP contribution < -0.4 is 0 Å². The Bertz CT molecular complexity index is 818. The summed E-state index contributed by atoms with van der Waals surface area (Å²) in [6.07, 6.45) is 8.09. The number of rotatable bonds is 4. The van der Waals surface area contributed by atoms with Crippen LogP contribution in [0.1, 0.15) is 55.3 Å². The molecular formula is C23H33N3O. The maximum absolute atomic E-state index is 13.1. The van der Waals surface area contributed by atoms with Crippen LogP contribution in [0.5, 0.6) is 0 Å². The summed E-state index contributed by atoms with van der Waals surface area (Å²) in [6.45, 7) is 6.68. The fourth-order valence-electron chi connectivity index (χ4n) is 5.15. The summed E-state index contributed by atoms with van der Waals surface area (Å²) >= 11 is 0. The number of hydrogen-bond donors (Lipinski definition) is 1. The van der Waals surface area contributed by atoms with Crippen molar-refractivity contribution in [3.8, 4) is 0 Å². The highest BCUT2D eigenvalue weighted by Gasteiger charge is 2.35. The average Bonchev–Trinajstić information content (AvgIpc) is 3.31. The summed E-state index contributed by atoms with van der Waals surface area (Å²) in [5, 5.41) is 1.24. The largest absolute Gasteiger partial charge is 0.358 e. The monoisotopic (exact) mass is 367 g/mol. The van der Waals surface area contributed by atoms with Crippen molar-refractivity contribution in [2.24, 2.45) is 0 Å². The zero-order valence-corrected chi connectivity index (χ0v) is 17.1. The first-order chi connectivity index (χ1) is 13.0. The normalized spacial score (nSPS) is 23.8. The first-order valence-corrected chi connectivity index (χ1v) is 10.6. The van der Waals surface area contributed by atoms with Crippen molar-refractivity contribution in [2.75, 3.05) is 20.1 Å². The Morgan fingerprint density at radius 2 is 1.89 bits per heavy atom. The summed E-state index contributed by atoms with van der Waals surface area (Å²) in [5.41, 5.74) is 4.78. The molecule has 2 aliphatic rings. The smallest absolute Gasteiger partial charge is 0.227 e. The molecule has 2 heterocycles. The Kier molecular flexibility index (Phi) is 5.27. The minimum Gasteiger partial charge on any atom is -0.358 e. The van der Waals surface area contributed by atoms with Gasteiger partial charge in [-0.3, -0.25) is 9.69 Å². The van der Waals surface area contributed by atoms with E-state index >= 15 is 0 Å². The number of hydrogen-bond acceptors (Lipinski definition) is 2. The van der Waals surface area contributed by atoms with Crippen molar-refractivity contribution in [2.45, 2.75) is 70.9 Å². The Morgan fingerprint density at radius 1 is 1.15 bits per heavy atom. The van der Waals surface area contributed by atoms with Gasteiger partial charge in [0.2, 0.25) is 5.91 Å². The lowest BCUT2D eigenvalue weighted by Crippen LogP contribution is -2.53. The van der Waals surface area contributed by atoms with Gasteiger partial charge in [-0.15, -0.1) is 0 Å². The van der Waals surface area contributed by atoms with Crippen LogP contribution in [0.2, 0.25) is 0 Å². The van der Waals surface area contributed by atoms with Crippen molar-refractivity contribution in [1.29, 1.82) is 0 Å². The molecule has 2 unspecified atom stereocenters. The highest BCUT2D eigenvalue weighted by atomic mass is 16.2. The van der Waals surface area contributed by atoms with E-state index in [9.17, 15) is 4.79 Å². The van der Waals surface area contributed by atoms with Gasteiger partial charge in [0.05, 0.1) is 6.42 Å². The first-order valence-electron chi connectivity index (χ1n) is 10.6. The molecule has 2 aromatic rings. The molecule has 4 rings (SSSR count). The SMILES string of the molecule is Cc1[nH]c2ccc(CC(=O)N(C)C3CCCCC3N3CCCC3)cc2c1C.